The van der Waals surface area contributed by atoms with Crippen LogP contribution >= 0.6 is 24.0 Å². The molecule has 0 saturated heterocycles. The van der Waals surface area contributed by atoms with E-state index in [1.54, 1.807) is 12.1 Å². The van der Waals surface area contributed by atoms with Crippen molar-refractivity contribution in [2.75, 3.05) is 0 Å². The molecule has 5 nitrogen and oxygen atoms in total. The van der Waals surface area contributed by atoms with Gasteiger partial charge < -0.3 is 15.6 Å². The van der Waals surface area contributed by atoms with Gasteiger partial charge in [-0.3, -0.25) is 9.59 Å². The lowest BCUT2D eigenvalue weighted by Gasteiger charge is -2.06. The topological polar surface area (TPSA) is 89.6 Å². The molecule has 7 heteroatoms. The largest absolute Gasteiger partial charge is 0.480 e. The number of halogens is 2. The van der Waals surface area contributed by atoms with E-state index in [2.05, 4.69) is 0 Å². The Labute approximate surface area is 109 Å². The highest BCUT2D eigenvalue weighted by molar-refractivity contribution is 6.30. The highest BCUT2D eigenvalue weighted by atomic mass is 35.5. The fourth-order valence-corrected chi connectivity index (χ4v) is 1.07. The maximum atomic E-state index is 11.2. The van der Waals surface area contributed by atoms with Crippen LogP contribution in [0.1, 0.15) is 6.42 Å². The average molecular weight is 280 g/mol. The molecule has 0 radical (unpaired) electrons. The summed E-state index contributed by atoms with van der Waals surface area (Å²) in [5, 5.41) is 9.00. The van der Waals surface area contributed by atoms with Crippen molar-refractivity contribution >= 4 is 35.9 Å². The van der Waals surface area contributed by atoms with Crippen LogP contribution in [0.15, 0.2) is 24.3 Å². The van der Waals surface area contributed by atoms with E-state index >= 15 is 0 Å². The molecule has 1 aromatic rings. The van der Waals surface area contributed by atoms with Crippen LogP contribution in [0.5, 0.6) is 5.75 Å². The second-order valence-corrected chi connectivity index (χ2v) is 3.51. The van der Waals surface area contributed by atoms with E-state index in [1.165, 1.54) is 12.1 Å². The molecule has 0 amide bonds. The molecule has 1 aromatic carbocycles. The van der Waals surface area contributed by atoms with Crippen LogP contribution in [0.2, 0.25) is 5.02 Å². The number of rotatable bonds is 4. The van der Waals surface area contributed by atoms with Gasteiger partial charge in [0.2, 0.25) is 0 Å². The zero-order valence-electron chi connectivity index (χ0n) is 8.63. The van der Waals surface area contributed by atoms with E-state index in [9.17, 15) is 9.59 Å². The van der Waals surface area contributed by atoms with Crippen molar-refractivity contribution < 1.29 is 19.4 Å². The Bertz CT molecular complexity index is 394. The minimum atomic E-state index is -1.25. The third kappa shape index (κ3) is 5.53. The van der Waals surface area contributed by atoms with Gasteiger partial charge in [0.05, 0.1) is 6.42 Å². The summed E-state index contributed by atoms with van der Waals surface area (Å²) in [5.41, 5.74) is 5.17. The molecule has 1 rings (SSSR count). The fraction of sp³-hybridized carbons (Fsp3) is 0.200. The standard InChI is InChI=1S/C10H10ClNO4.ClH/c11-6-1-3-7(4-2-6)16-9(13)5-8(12)10(14)15;/h1-4,8H,5,12H2,(H,14,15);1H/t8-;/m0./s1. The minimum Gasteiger partial charge on any atom is -0.480 e. The van der Waals surface area contributed by atoms with Crippen molar-refractivity contribution in [3.63, 3.8) is 0 Å². The third-order valence-electron chi connectivity index (χ3n) is 1.75. The molecule has 0 fully saturated rings. The first kappa shape index (κ1) is 15.7. The molecule has 0 heterocycles. The zero-order valence-corrected chi connectivity index (χ0v) is 10.2. The summed E-state index contributed by atoms with van der Waals surface area (Å²) in [6.07, 6.45) is -0.377. The van der Waals surface area contributed by atoms with E-state index in [4.69, 9.17) is 27.2 Å². The van der Waals surface area contributed by atoms with Crippen LogP contribution in [0.25, 0.3) is 0 Å². The predicted octanol–water partition coefficient (Wildman–Crippen LogP) is 1.47. The minimum absolute atomic E-state index is 0. The number of aliphatic carboxylic acids is 1. The molecule has 0 aliphatic heterocycles. The highest BCUT2D eigenvalue weighted by Crippen LogP contribution is 2.16. The number of hydrogen-bond acceptors (Lipinski definition) is 4. The summed E-state index contributed by atoms with van der Waals surface area (Å²) in [4.78, 5) is 21.6. The van der Waals surface area contributed by atoms with Crippen LogP contribution in [-0.4, -0.2) is 23.1 Å². The first-order valence-corrected chi connectivity index (χ1v) is 4.81. The number of hydrogen-bond donors (Lipinski definition) is 2. The van der Waals surface area contributed by atoms with Crippen LogP contribution < -0.4 is 10.5 Å². The number of benzene rings is 1. The Morgan fingerprint density at radius 1 is 1.35 bits per heavy atom. The molecule has 0 bridgehead atoms. The monoisotopic (exact) mass is 279 g/mol. The molecular formula is C10H11Cl2NO4. The molecule has 1 atom stereocenters. The Hall–Kier alpha value is -1.30. The van der Waals surface area contributed by atoms with Crippen molar-refractivity contribution in [3.05, 3.63) is 29.3 Å². The summed E-state index contributed by atoms with van der Waals surface area (Å²) < 4.78 is 4.85. The summed E-state index contributed by atoms with van der Waals surface area (Å²) in [6, 6.07) is 4.88. The Morgan fingerprint density at radius 2 is 1.88 bits per heavy atom. The van der Waals surface area contributed by atoms with Crippen LogP contribution in [0.4, 0.5) is 0 Å². The van der Waals surface area contributed by atoms with Gasteiger partial charge in [0.1, 0.15) is 11.8 Å². The number of carbonyl (C=O) groups excluding carboxylic acids is 1. The molecule has 3 N–H and O–H groups in total. The van der Waals surface area contributed by atoms with Crippen molar-refractivity contribution in [2.24, 2.45) is 5.73 Å². The molecule has 0 saturated carbocycles. The first-order chi connectivity index (χ1) is 7.49. The summed E-state index contributed by atoms with van der Waals surface area (Å²) in [7, 11) is 0. The normalized spacial score (nSPS) is 11.2. The number of carbonyl (C=O) groups is 2. The maximum Gasteiger partial charge on any atom is 0.321 e. The molecule has 0 aromatic heterocycles. The van der Waals surface area contributed by atoms with Crippen molar-refractivity contribution in [3.8, 4) is 5.75 Å². The molecule has 17 heavy (non-hydrogen) atoms. The SMILES string of the molecule is Cl.N[C@@H](CC(=O)Oc1ccc(Cl)cc1)C(=O)O. The lowest BCUT2D eigenvalue weighted by molar-refractivity contribution is -0.143. The number of carboxylic acids is 1. The number of nitrogens with two attached hydrogens (primary N) is 1. The Kier molecular flexibility index (Phi) is 6.57. The van der Waals surface area contributed by atoms with Crippen molar-refractivity contribution in [1.82, 2.24) is 0 Å². The Morgan fingerprint density at radius 3 is 2.35 bits per heavy atom. The van der Waals surface area contributed by atoms with Crippen LogP contribution in [0, 0.1) is 0 Å². The number of ether oxygens (including phenoxy) is 1. The molecule has 94 valence electrons. The van der Waals surface area contributed by atoms with E-state index in [0.29, 0.717) is 10.8 Å². The summed E-state index contributed by atoms with van der Waals surface area (Å²) in [5.74, 6) is -1.64. The van der Waals surface area contributed by atoms with E-state index in [-0.39, 0.29) is 18.8 Å². The van der Waals surface area contributed by atoms with Crippen LogP contribution in [-0.2, 0) is 9.59 Å². The zero-order chi connectivity index (χ0) is 12.1. The van der Waals surface area contributed by atoms with E-state index < -0.39 is 18.0 Å². The van der Waals surface area contributed by atoms with Gasteiger partial charge >= 0.3 is 11.9 Å². The van der Waals surface area contributed by atoms with Crippen molar-refractivity contribution in [1.29, 1.82) is 0 Å². The quantitative estimate of drug-likeness (QED) is 0.644. The third-order valence-corrected chi connectivity index (χ3v) is 2.00. The van der Waals surface area contributed by atoms with Crippen molar-refractivity contribution in [2.45, 2.75) is 12.5 Å². The van der Waals surface area contributed by atoms with E-state index in [0.717, 1.165) is 0 Å². The van der Waals surface area contributed by atoms with Gasteiger partial charge in [-0.05, 0) is 24.3 Å². The second kappa shape index (κ2) is 7.11. The molecule has 0 aliphatic rings. The van der Waals surface area contributed by atoms with Gasteiger partial charge in [0, 0.05) is 5.02 Å². The lowest BCUT2D eigenvalue weighted by Crippen LogP contribution is -2.33. The van der Waals surface area contributed by atoms with Gasteiger partial charge in [-0.15, -0.1) is 12.4 Å². The Balaban J connectivity index is 0.00000256. The predicted molar refractivity (Wildman–Crippen MR) is 64.6 cm³/mol. The molecule has 0 unspecified atom stereocenters. The van der Waals surface area contributed by atoms with Crippen LogP contribution in [0.3, 0.4) is 0 Å². The summed E-state index contributed by atoms with van der Waals surface area (Å²) >= 11 is 5.64. The molecule has 0 spiro atoms. The summed E-state index contributed by atoms with van der Waals surface area (Å²) in [6.45, 7) is 0. The van der Waals surface area contributed by atoms with Gasteiger partial charge in [0.25, 0.3) is 0 Å². The highest BCUT2D eigenvalue weighted by Gasteiger charge is 2.17. The lowest BCUT2D eigenvalue weighted by atomic mass is 10.2. The number of esters is 1. The van der Waals surface area contributed by atoms with E-state index in [1.807, 2.05) is 0 Å². The number of carboxylic acid groups (broad SMARTS) is 1. The maximum absolute atomic E-state index is 11.2. The molecular weight excluding hydrogens is 269 g/mol. The molecule has 0 aliphatic carbocycles. The first-order valence-electron chi connectivity index (χ1n) is 4.43. The smallest absolute Gasteiger partial charge is 0.321 e. The van der Waals surface area contributed by atoms with Gasteiger partial charge in [-0.2, -0.15) is 0 Å². The fourth-order valence-electron chi connectivity index (χ4n) is 0.943. The van der Waals surface area contributed by atoms with Gasteiger partial charge in [-0.25, -0.2) is 0 Å². The average Bonchev–Trinajstić information content (AvgIpc) is 2.21. The van der Waals surface area contributed by atoms with Gasteiger partial charge in [0.15, 0.2) is 0 Å². The second-order valence-electron chi connectivity index (χ2n) is 3.08. The van der Waals surface area contributed by atoms with Gasteiger partial charge in [-0.1, -0.05) is 11.6 Å².